The molecule has 0 bridgehead atoms. The summed E-state index contributed by atoms with van der Waals surface area (Å²) in [5, 5.41) is 0. The summed E-state index contributed by atoms with van der Waals surface area (Å²) >= 11 is 0. The standard InChI is InChI=1S/C19H28/c1-4-10-16(11-5-1)18-14-8-3-9-15-19(18)17-12-6-2-7-13-17/h1,4-5,10-11,17-19H,2-3,6-9,12-15H2. The number of hydrogen-bond acceptors (Lipinski definition) is 0. The third kappa shape index (κ3) is 3.22. The van der Waals surface area contributed by atoms with Gasteiger partial charge in [-0.25, -0.2) is 0 Å². The molecule has 0 aliphatic heterocycles. The van der Waals surface area contributed by atoms with Crippen LogP contribution in [0.3, 0.4) is 0 Å². The van der Waals surface area contributed by atoms with E-state index >= 15 is 0 Å². The van der Waals surface area contributed by atoms with Gasteiger partial charge in [0.2, 0.25) is 0 Å². The van der Waals surface area contributed by atoms with E-state index in [1.165, 1.54) is 64.2 Å². The van der Waals surface area contributed by atoms with Crippen LogP contribution in [0, 0.1) is 11.8 Å². The second-order valence-corrected chi connectivity index (χ2v) is 6.72. The summed E-state index contributed by atoms with van der Waals surface area (Å²) in [6.07, 6.45) is 14.8. The molecular weight excluding hydrogens is 228 g/mol. The van der Waals surface area contributed by atoms with Crippen molar-refractivity contribution in [2.75, 3.05) is 0 Å². The molecule has 0 aromatic heterocycles. The second-order valence-electron chi connectivity index (χ2n) is 6.72. The van der Waals surface area contributed by atoms with E-state index in [0.717, 1.165) is 17.8 Å². The second kappa shape index (κ2) is 6.59. The van der Waals surface area contributed by atoms with Crippen molar-refractivity contribution < 1.29 is 0 Å². The lowest BCUT2D eigenvalue weighted by molar-refractivity contribution is 0.204. The van der Waals surface area contributed by atoms with Crippen molar-refractivity contribution in [3.63, 3.8) is 0 Å². The predicted molar refractivity (Wildman–Crippen MR) is 82.3 cm³/mol. The van der Waals surface area contributed by atoms with Crippen molar-refractivity contribution in [3.8, 4) is 0 Å². The average molecular weight is 256 g/mol. The summed E-state index contributed by atoms with van der Waals surface area (Å²) in [6, 6.07) is 11.4. The minimum Gasteiger partial charge on any atom is -0.0622 e. The van der Waals surface area contributed by atoms with Crippen LogP contribution in [0.25, 0.3) is 0 Å². The van der Waals surface area contributed by atoms with Crippen molar-refractivity contribution in [2.24, 2.45) is 11.8 Å². The van der Waals surface area contributed by atoms with Crippen molar-refractivity contribution in [1.29, 1.82) is 0 Å². The molecule has 104 valence electrons. The van der Waals surface area contributed by atoms with E-state index in [4.69, 9.17) is 0 Å². The Hall–Kier alpha value is -0.780. The lowest BCUT2D eigenvalue weighted by Gasteiger charge is -2.35. The van der Waals surface area contributed by atoms with Gasteiger partial charge in [0.05, 0.1) is 0 Å². The lowest BCUT2D eigenvalue weighted by atomic mass is 9.70. The van der Waals surface area contributed by atoms with Crippen molar-refractivity contribution >= 4 is 0 Å². The lowest BCUT2D eigenvalue weighted by Crippen LogP contribution is -2.23. The zero-order valence-electron chi connectivity index (χ0n) is 12.2. The van der Waals surface area contributed by atoms with Gasteiger partial charge in [0.15, 0.2) is 0 Å². The average Bonchev–Trinajstić information content (AvgIpc) is 2.75. The van der Waals surface area contributed by atoms with Gasteiger partial charge in [-0.1, -0.05) is 81.7 Å². The van der Waals surface area contributed by atoms with E-state index in [0.29, 0.717) is 0 Å². The molecule has 0 radical (unpaired) electrons. The van der Waals surface area contributed by atoms with Crippen molar-refractivity contribution in [2.45, 2.75) is 70.1 Å². The summed E-state index contributed by atoms with van der Waals surface area (Å²) in [7, 11) is 0. The molecule has 2 aliphatic carbocycles. The third-order valence-corrected chi connectivity index (χ3v) is 5.55. The minimum atomic E-state index is 0.854. The Bertz CT molecular complexity index is 361. The van der Waals surface area contributed by atoms with E-state index in [-0.39, 0.29) is 0 Å². The Kier molecular flexibility index (Phi) is 4.58. The molecule has 0 N–H and O–H groups in total. The van der Waals surface area contributed by atoms with Crippen LogP contribution >= 0.6 is 0 Å². The normalized spacial score (nSPS) is 29.9. The van der Waals surface area contributed by atoms with Gasteiger partial charge in [-0.2, -0.15) is 0 Å². The SMILES string of the molecule is c1ccc(C2CCCCCC2C2CCCCC2)cc1. The highest BCUT2D eigenvalue weighted by molar-refractivity contribution is 5.21. The molecule has 2 unspecified atom stereocenters. The Morgan fingerprint density at radius 2 is 1.26 bits per heavy atom. The van der Waals surface area contributed by atoms with Crippen molar-refractivity contribution in [1.82, 2.24) is 0 Å². The Morgan fingerprint density at radius 3 is 2.00 bits per heavy atom. The molecule has 1 aromatic rings. The summed E-state index contributed by atoms with van der Waals surface area (Å²) in [6.45, 7) is 0. The van der Waals surface area contributed by atoms with Crippen LogP contribution in [0.5, 0.6) is 0 Å². The molecule has 19 heavy (non-hydrogen) atoms. The van der Waals surface area contributed by atoms with Crippen LogP contribution < -0.4 is 0 Å². The van der Waals surface area contributed by atoms with Crippen molar-refractivity contribution in [3.05, 3.63) is 35.9 Å². The molecule has 2 saturated carbocycles. The highest BCUT2D eigenvalue weighted by atomic mass is 14.4. The zero-order valence-corrected chi connectivity index (χ0v) is 12.2. The third-order valence-electron chi connectivity index (χ3n) is 5.55. The fraction of sp³-hybridized carbons (Fsp3) is 0.684. The first-order valence-electron chi connectivity index (χ1n) is 8.50. The molecule has 0 heteroatoms. The van der Waals surface area contributed by atoms with Crippen LogP contribution in [-0.2, 0) is 0 Å². The van der Waals surface area contributed by atoms with Crippen LogP contribution in [0.2, 0.25) is 0 Å². The molecule has 2 atom stereocenters. The highest BCUT2D eigenvalue weighted by Gasteiger charge is 2.32. The Balaban J connectivity index is 1.80. The van der Waals surface area contributed by atoms with Gasteiger partial charge in [0.25, 0.3) is 0 Å². The molecule has 3 rings (SSSR count). The maximum atomic E-state index is 2.38. The van der Waals surface area contributed by atoms with Gasteiger partial charge in [-0.05, 0) is 36.2 Å². The molecule has 0 amide bonds. The smallest absolute Gasteiger partial charge is 0.0131 e. The van der Waals surface area contributed by atoms with Crippen LogP contribution in [0.4, 0.5) is 0 Å². The molecule has 2 aliphatic rings. The van der Waals surface area contributed by atoms with Gasteiger partial charge in [0.1, 0.15) is 0 Å². The van der Waals surface area contributed by atoms with Gasteiger partial charge in [-0.3, -0.25) is 0 Å². The maximum Gasteiger partial charge on any atom is -0.0131 e. The predicted octanol–water partition coefficient (Wildman–Crippen LogP) is 5.93. The first-order chi connectivity index (χ1) is 9.45. The van der Waals surface area contributed by atoms with Crippen LogP contribution in [-0.4, -0.2) is 0 Å². The summed E-state index contributed by atoms with van der Waals surface area (Å²) < 4.78 is 0. The molecule has 0 spiro atoms. The van der Waals surface area contributed by atoms with E-state index in [1.807, 2.05) is 0 Å². The number of rotatable bonds is 2. The Morgan fingerprint density at radius 1 is 0.632 bits per heavy atom. The summed E-state index contributed by atoms with van der Waals surface area (Å²) in [5.74, 6) is 2.86. The summed E-state index contributed by atoms with van der Waals surface area (Å²) in [4.78, 5) is 0. The first kappa shape index (κ1) is 13.2. The van der Waals surface area contributed by atoms with E-state index in [9.17, 15) is 0 Å². The molecule has 0 heterocycles. The van der Waals surface area contributed by atoms with Crippen LogP contribution in [0.15, 0.2) is 30.3 Å². The fourth-order valence-electron chi connectivity index (χ4n) is 4.58. The van der Waals surface area contributed by atoms with Gasteiger partial charge in [-0.15, -0.1) is 0 Å². The van der Waals surface area contributed by atoms with Gasteiger partial charge in [0, 0.05) is 0 Å². The van der Waals surface area contributed by atoms with Gasteiger partial charge < -0.3 is 0 Å². The molecule has 2 fully saturated rings. The minimum absolute atomic E-state index is 0.854. The molecule has 0 saturated heterocycles. The monoisotopic (exact) mass is 256 g/mol. The fourth-order valence-corrected chi connectivity index (χ4v) is 4.58. The first-order valence-corrected chi connectivity index (χ1v) is 8.50. The van der Waals surface area contributed by atoms with E-state index < -0.39 is 0 Å². The molecule has 1 aromatic carbocycles. The van der Waals surface area contributed by atoms with Crippen LogP contribution in [0.1, 0.15) is 75.7 Å². The largest absolute Gasteiger partial charge is 0.0622 e. The molecule has 0 nitrogen and oxygen atoms in total. The maximum absolute atomic E-state index is 2.38. The van der Waals surface area contributed by atoms with Gasteiger partial charge >= 0.3 is 0 Å². The number of hydrogen-bond donors (Lipinski definition) is 0. The Labute approximate surface area is 118 Å². The highest BCUT2D eigenvalue weighted by Crippen LogP contribution is 2.45. The molecular formula is C19H28. The van der Waals surface area contributed by atoms with E-state index in [1.54, 1.807) is 5.56 Å². The summed E-state index contributed by atoms with van der Waals surface area (Å²) in [5.41, 5.74) is 1.62. The quantitative estimate of drug-likeness (QED) is 0.575. The zero-order chi connectivity index (χ0) is 12.9. The number of benzene rings is 1. The topological polar surface area (TPSA) is 0 Å². The van der Waals surface area contributed by atoms with E-state index in [2.05, 4.69) is 30.3 Å².